The Morgan fingerprint density at radius 3 is 2.37 bits per heavy atom. The molecule has 2 aromatic rings. The third-order valence-corrected chi connectivity index (χ3v) is 4.43. The standard InChI is InChI=1S/C19H22F2N4O2/c20-18(21)27-17-3-1-15(2-4-17)5-10-23-19(26)25-13-11-24(12-14-25)16-6-8-22-9-7-16/h1-4,6-9,18H,5,10-14H2,(H,23,26). The summed E-state index contributed by atoms with van der Waals surface area (Å²) in [5, 5.41) is 2.91. The third kappa shape index (κ3) is 5.54. The molecule has 8 heteroatoms. The van der Waals surface area contributed by atoms with Crippen molar-refractivity contribution in [2.75, 3.05) is 37.6 Å². The number of hydrogen-bond acceptors (Lipinski definition) is 4. The first-order valence-electron chi connectivity index (χ1n) is 8.83. The third-order valence-electron chi connectivity index (χ3n) is 4.43. The van der Waals surface area contributed by atoms with Crippen LogP contribution in [0.15, 0.2) is 48.8 Å². The zero-order valence-corrected chi connectivity index (χ0v) is 14.9. The molecule has 2 heterocycles. The molecule has 144 valence electrons. The van der Waals surface area contributed by atoms with Gasteiger partial charge in [-0.25, -0.2) is 4.79 Å². The number of rotatable bonds is 6. The van der Waals surface area contributed by atoms with E-state index < -0.39 is 6.61 Å². The van der Waals surface area contributed by atoms with Crippen LogP contribution in [0.1, 0.15) is 5.56 Å². The number of hydrogen-bond donors (Lipinski definition) is 1. The number of nitrogens with zero attached hydrogens (tertiary/aromatic N) is 3. The molecule has 6 nitrogen and oxygen atoms in total. The quantitative estimate of drug-likeness (QED) is 0.842. The molecule has 0 aliphatic carbocycles. The van der Waals surface area contributed by atoms with Crippen LogP contribution < -0.4 is 15.0 Å². The Bertz CT molecular complexity index is 720. The molecule has 0 saturated carbocycles. The molecule has 1 fully saturated rings. The van der Waals surface area contributed by atoms with Gasteiger partial charge in [0.1, 0.15) is 5.75 Å². The number of ether oxygens (including phenoxy) is 1. The summed E-state index contributed by atoms with van der Waals surface area (Å²) in [6.07, 6.45) is 4.15. The monoisotopic (exact) mass is 376 g/mol. The number of anilines is 1. The number of nitrogens with one attached hydrogen (secondary N) is 1. The van der Waals surface area contributed by atoms with Crippen molar-refractivity contribution >= 4 is 11.7 Å². The highest BCUT2D eigenvalue weighted by atomic mass is 19.3. The topological polar surface area (TPSA) is 57.7 Å². The summed E-state index contributed by atoms with van der Waals surface area (Å²) < 4.78 is 28.6. The molecule has 27 heavy (non-hydrogen) atoms. The fourth-order valence-electron chi connectivity index (χ4n) is 2.99. The summed E-state index contributed by atoms with van der Waals surface area (Å²) in [5.41, 5.74) is 2.06. The van der Waals surface area contributed by atoms with Crippen molar-refractivity contribution in [2.24, 2.45) is 0 Å². The molecule has 2 amide bonds. The number of benzene rings is 1. The summed E-state index contributed by atoms with van der Waals surface area (Å²) in [6.45, 7) is 0.542. The van der Waals surface area contributed by atoms with E-state index in [1.54, 1.807) is 29.4 Å². The minimum atomic E-state index is -2.82. The summed E-state index contributed by atoms with van der Waals surface area (Å²) >= 11 is 0. The van der Waals surface area contributed by atoms with Crippen molar-refractivity contribution in [3.63, 3.8) is 0 Å². The molecule has 1 aliphatic rings. The number of aromatic nitrogens is 1. The van der Waals surface area contributed by atoms with E-state index in [9.17, 15) is 13.6 Å². The van der Waals surface area contributed by atoms with Gasteiger partial charge in [0, 0.05) is 50.8 Å². The second kappa shape index (κ2) is 9.16. The van der Waals surface area contributed by atoms with Gasteiger partial charge in [0.2, 0.25) is 0 Å². The fraction of sp³-hybridized carbons (Fsp3) is 0.368. The second-order valence-corrected chi connectivity index (χ2v) is 6.18. The summed E-state index contributed by atoms with van der Waals surface area (Å²) in [5.74, 6) is 0.129. The first kappa shape index (κ1) is 18.9. The van der Waals surface area contributed by atoms with Crippen LogP contribution in [0.25, 0.3) is 0 Å². The molecule has 1 aromatic heterocycles. The first-order valence-corrected chi connectivity index (χ1v) is 8.83. The molecule has 1 aromatic carbocycles. The largest absolute Gasteiger partial charge is 0.435 e. The van der Waals surface area contributed by atoms with Crippen LogP contribution in [-0.4, -0.2) is 55.3 Å². The van der Waals surface area contributed by atoms with Crippen molar-refractivity contribution in [3.05, 3.63) is 54.4 Å². The number of alkyl halides is 2. The van der Waals surface area contributed by atoms with Crippen molar-refractivity contribution < 1.29 is 18.3 Å². The maximum Gasteiger partial charge on any atom is 0.387 e. The predicted molar refractivity (Wildman–Crippen MR) is 98.2 cm³/mol. The number of halogens is 2. The Labute approximate surface area is 156 Å². The average Bonchev–Trinajstić information content (AvgIpc) is 2.69. The van der Waals surface area contributed by atoms with Crippen LogP contribution in [0.2, 0.25) is 0 Å². The van der Waals surface area contributed by atoms with Gasteiger partial charge in [-0.1, -0.05) is 12.1 Å². The number of pyridine rings is 1. The molecule has 1 saturated heterocycles. The molecule has 1 N–H and O–H groups in total. The van der Waals surface area contributed by atoms with E-state index in [4.69, 9.17) is 0 Å². The molecule has 0 spiro atoms. The lowest BCUT2D eigenvalue weighted by Gasteiger charge is -2.36. The maximum atomic E-state index is 12.3. The van der Waals surface area contributed by atoms with Gasteiger partial charge in [0.05, 0.1) is 0 Å². The highest BCUT2D eigenvalue weighted by Crippen LogP contribution is 2.16. The van der Waals surface area contributed by atoms with Gasteiger partial charge in [-0.15, -0.1) is 0 Å². The lowest BCUT2D eigenvalue weighted by Crippen LogP contribution is -2.52. The van der Waals surface area contributed by atoms with Gasteiger partial charge in [0.25, 0.3) is 0 Å². The van der Waals surface area contributed by atoms with Gasteiger partial charge in [-0.2, -0.15) is 8.78 Å². The number of carbonyl (C=O) groups is 1. The van der Waals surface area contributed by atoms with E-state index in [0.717, 1.165) is 24.3 Å². The van der Waals surface area contributed by atoms with Gasteiger partial charge < -0.3 is 19.9 Å². The van der Waals surface area contributed by atoms with Crippen LogP contribution in [-0.2, 0) is 6.42 Å². The Kier molecular flexibility index (Phi) is 6.40. The van der Waals surface area contributed by atoms with Crippen molar-refractivity contribution in [2.45, 2.75) is 13.0 Å². The zero-order chi connectivity index (χ0) is 19.1. The average molecular weight is 376 g/mol. The number of piperazine rings is 1. The van der Waals surface area contributed by atoms with Crippen LogP contribution in [0, 0.1) is 0 Å². The minimum Gasteiger partial charge on any atom is -0.435 e. The molecule has 0 bridgehead atoms. The lowest BCUT2D eigenvalue weighted by atomic mass is 10.1. The Morgan fingerprint density at radius 2 is 1.74 bits per heavy atom. The van der Waals surface area contributed by atoms with Crippen molar-refractivity contribution in [1.29, 1.82) is 0 Å². The Hall–Kier alpha value is -2.90. The number of carbonyl (C=O) groups excluding carboxylic acids is 1. The fourth-order valence-corrected chi connectivity index (χ4v) is 2.99. The Balaban J connectivity index is 1.39. The van der Waals surface area contributed by atoms with Crippen LogP contribution >= 0.6 is 0 Å². The lowest BCUT2D eigenvalue weighted by molar-refractivity contribution is -0.0498. The van der Waals surface area contributed by atoms with E-state index in [0.29, 0.717) is 26.1 Å². The van der Waals surface area contributed by atoms with Crippen LogP contribution in [0.5, 0.6) is 5.75 Å². The van der Waals surface area contributed by atoms with E-state index in [1.807, 2.05) is 12.1 Å². The Morgan fingerprint density at radius 1 is 1.07 bits per heavy atom. The molecule has 0 unspecified atom stereocenters. The first-order chi connectivity index (χ1) is 13.1. The van der Waals surface area contributed by atoms with E-state index in [1.165, 1.54) is 12.1 Å². The summed E-state index contributed by atoms with van der Waals surface area (Å²) in [6, 6.07) is 10.3. The molecule has 0 atom stereocenters. The van der Waals surface area contributed by atoms with E-state index >= 15 is 0 Å². The van der Waals surface area contributed by atoms with Gasteiger partial charge in [-0.3, -0.25) is 4.98 Å². The SMILES string of the molecule is O=C(NCCc1ccc(OC(F)F)cc1)N1CCN(c2ccncc2)CC1. The highest BCUT2D eigenvalue weighted by Gasteiger charge is 2.20. The number of urea groups is 1. The van der Waals surface area contributed by atoms with E-state index in [2.05, 4.69) is 19.9 Å². The predicted octanol–water partition coefficient (Wildman–Crippen LogP) is 2.76. The highest BCUT2D eigenvalue weighted by molar-refractivity contribution is 5.74. The molecule has 1 aliphatic heterocycles. The minimum absolute atomic E-state index is 0.0815. The molecule has 0 radical (unpaired) electrons. The molecular weight excluding hydrogens is 354 g/mol. The number of amides is 2. The maximum absolute atomic E-state index is 12.3. The molecule has 3 rings (SSSR count). The van der Waals surface area contributed by atoms with Crippen LogP contribution in [0.3, 0.4) is 0 Å². The van der Waals surface area contributed by atoms with Gasteiger partial charge in [-0.05, 0) is 36.2 Å². The molecular formula is C19H22F2N4O2. The zero-order valence-electron chi connectivity index (χ0n) is 14.9. The summed E-state index contributed by atoms with van der Waals surface area (Å²) in [7, 11) is 0. The van der Waals surface area contributed by atoms with E-state index in [-0.39, 0.29) is 11.8 Å². The van der Waals surface area contributed by atoms with Crippen molar-refractivity contribution in [3.8, 4) is 5.75 Å². The summed E-state index contributed by atoms with van der Waals surface area (Å²) in [4.78, 5) is 20.3. The van der Waals surface area contributed by atoms with Crippen LogP contribution in [0.4, 0.5) is 19.3 Å². The van der Waals surface area contributed by atoms with Gasteiger partial charge in [0.15, 0.2) is 0 Å². The van der Waals surface area contributed by atoms with Crippen molar-refractivity contribution in [1.82, 2.24) is 15.2 Å². The van der Waals surface area contributed by atoms with Gasteiger partial charge >= 0.3 is 12.6 Å². The smallest absolute Gasteiger partial charge is 0.387 e. The normalized spacial score (nSPS) is 14.3. The second-order valence-electron chi connectivity index (χ2n) is 6.18.